The molecule has 12 aromatic rings. The predicted octanol–water partition coefficient (Wildman–Crippen LogP) is 15.6. The van der Waals surface area contributed by atoms with Crippen molar-refractivity contribution >= 4 is 126 Å². The number of rotatable bonds is 18. The second-order valence-electron chi connectivity index (χ2n) is 33.7. The Morgan fingerprint density at radius 2 is 0.728 bits per heavy atom. The highest BCUT2D eigenvalue weighted by Gasteiger charge is 2.50. The van der Waals surface area contributed by atoms with E-state index < -0.39 is 23.3 Å². The zero-order chi connectivity index (χ0) is 86.5. The van der Waals surface area contributed by atoms with Crippen molar-refractivity contribution in [3.63, 3.8) is 0 Å². The van der Waals surface area contributed by atoms with E-state index in [0.29, 0.717) is 180 Å². The van der Waals surface area contributed by atoms with Gasteiger partial charge in [-0.05, 0) is 174 Å². The first-order valence-electron chi connectivity index (χ1n) is 42.6. The SMILES string of the molecule is COC(=O)[C@@H]1C2CCC(CC2)C1Nc1nc(-c2[nH]nc3ncc(Cl)cc23)ncc1F.COC(=O)[C@H]1C2CCC(CC2)[C@@H]1Nc1nc(-c2[nH]nc3ncc(Cl)cc23)ncc1F.O=C(C[C@@H]1CCC[C@H](Cc2nc(-c3[nH]nc4ncc(Cl)cc34)ncc2F)C1)N1CCCC1.O=C(C[C@@H]1CCC[C@H](Cc2nc(-c3[nH]nc4ncc(Cl)cc34)ncc2F)C1)N1CCOCC1. The number of hydrogen-bond donors (Lipinski definition) is 6. The molecule has 39 heteroatoms. The lowest BCUT2D eigenvalue weighted by Gasteiger charge is -2.47. The largest absolute Gasteiger partial charge is 0.469 e. The van der Waals surface area contributed by atoms with Gasteiger partial charge < -0.3 is 34.6 Å². The van der Waals surface area contributed by atoms with Crippen molar-refractivity contribution in [2.75, 3.05) is 64.2 Å². The monoisotopic (exact) mass is 1790 g/mol. The lowest BCUT2D eigenvalue weighted by Crippen LogP contribution is -2.52. The molecule has 654 valence electrons. The fourth-order valence-electron chi connectivity index (χ4n) is 19.9. The number of esters is 2. The summed E-state index contributed by atoms with van der Waals surface area (Å²) in [5, 5.41) is 39.1. The van der Waals surface area contributed by atoms with E-state index in [4.69, 9.17) is 60.6 Å². The van der Waals surface area contributed by atoms with Gasteiger partial charge in [-0.15, -0.1) is 0 Å². The number of halogens is 8. The second-order valence-corrected chi connectivity index (χ2v) is 35.5. The van der Waals surface area contributed by atoms with Crippen LogP contribution in [0.2, 0.25) is 20.1 Å². The Kier molecular flexibility index (Phi) is 26.6. The summed E-state index contributed by atoms with van der Waals surface area (Å²) in [7, 11) is 2.79. The van der Waals surface area contributed by atoms with E-state index in [1.807, 2.05) is 9.80 Å². The number of carbonyl (C=O) groups is 4. The summed E-state index contributed by atoms with van der Waals surface area (Å²) in [6.07, 6.45) is 31.3. The van der Waals surface area contributed by atoms with Crippen molar-refractivity contribution in [3.05, 3.63) is 129 Å². The standard InChI is InChI=1S/C23H26ClFN6O2.C23H26ClFN6O.2C20H20ClFN6O2/c24-16-11-17-21(29-30-22(17)26-12-16)23-27-13-18(25)19(28-23)9-14-2-1-3-15(8-14)10-20(32)31-4-6-33-7-5-31;24-16-11-17-21(29-30-22(17)26-12-16)23-27-13-18(25)19(28-23)9-14-4-3-5-15(8-14)10-20(32)31-6-1-2-7-31;2*1-30-20(29)14-9-2-4-10(5-3-9)15(14)25-18-13(22)8-24-19(26-18)16-12-6-11(21)7-23-17(12)28-27-16/h11-15H,1-10H2,(H,26,29,30);11-15H,1-10H2,(H,26,29,30);2*6-10,14-15H,2-5H2,1H3,(H,23,27,28)(H,24,25,26)/t2*14-,15+;9?,10?,14-,15?;9?,10?,14-,15-/m0010/s1. The molecule has 0 aromatic carbocycles. The molecule has 8 atom stereocenters. The Morgan fingerprint density at radius 3 is 1.08 bits per heavy atom. The Labute approximate surface area is 734 Å². The first kappa shape index (κ1) is 86.2. The van der Waals surface area contributed by atoms with Crippen molar-refractivity contribution in [3.8, 4) is 46.1 Å². The van der Waals surface area contributed by atoms with Gasteiger partial charge in [-0.1, -0.05) is 72.1 Å². The molecule has 125 heavy (non-hydrogen) atoms. The number of nitrogens with zero attached hydrogens (tertiary/aromatic N) is 18. The molecule has 2 aliphatic heterocycles. The van der Waals surface area contributed by atoms with Crippen molar-refractivity contribution < 1.29 is 51.0 Å². The zero-order valence-corrected chi connectivity index (χ0v) is 71.6. The summed E-state index contributed by atoms with van der Waals surface area (Å²) in [6, 6.07) is 6.45. The number of amides is 2. The molecule has 2 saturated heterocycles. The molecule has 6 N–H and O–H groups in total. The van der Waals surface area contributed by atoms with Crippen molar-refractivity contribution in [2.45, 2.75) is 153 Å². The summed E-state index contributed by atoms with van der Waals surface area (Å²) < 4.78 is 73.9. The number of methoxy groups -OCH3 is 2. The average molecular weight is 1790 g/mol. The molecule has 12 aromatic heterocycles. The molecule has 31 nitrogen and oxygen atoms in total. The van der Waals surface area contributed by atoms with Gasteiger partial charge in [0, 0.05) is 75.9 Å². The van der Waals surface area contributed by atoms with Crippen LogP contribution in [-0.4, -0.2) is 200 Å². The maximum absolute atomic E-state index is 14.6. The third-order valence-corrected chi connectivity index (χ3v) is 26.8. The average Bonchev–Trinajstić information content (AvgIpc) is 1.26. The molecule has 2 amide bonds. The van der Waals surface area contributed by atoms with E-state index in [1.54, 1.807) is 24.3 Å². The van der Waals surface area contributed by atoms with Gasteiger partial charge in [0.25, 0.3) is 0 Å². The lowest BCUT2D eigenvalue weighted by atomic mass is 9.61. The first-order chi connectivity index (χ1) is 60.7. The number of fused-ring (bicyclic) bond motifs is 10. The molecule has 8 saturated carbocycles. The van der Waals surface area contributed by atoms with E-state index in [9.17, 15) is 36.7 Å². The highest BCUT2D eigenvalue weighted by molar-refractivity contribution is 6.32. The van der Waals surface area contributed by atoms with Gasteiger partial charge in [-0.2, -0.15) is 20.4 Å². The maximum atomic E-state index is 14.6. The number of anilines is 2. The van der Waals surface area contributed by atoms with Gasteiger partial charge in [-0.25, -0.2) is 77.4 Å². The summed E-state index contributed by atoms with van der Waals surface area (Å²) in [6.45, 7) is 4.37. The van der Waals surface area contributed by atoms with Gasteiger partial charge in [0.05, 0.1) is 117 Å². The van der Waals surface area contributed by atoms with E-state index in [-0.39, 0.29) is 101 Å². The topological polar surface area (TPSA) is 396 Å². The molecule has 8 aliphatic carbocycles. The van der Waals surface area contributed by atoms with Gasteiger partial charge >= 0.3 is 11.9 Å². The fraction of sp³-hybridized carbons (Fsp3) is 0.488. The summed E-state index contributed by atoms with van der Waals surface area (Å²) in [4.78, 5) is 105. The number of aromatic nitrogens is 20. The van der Waals surface area contributed by atoms with Crippen LogP contribution in [0.25, 0.3) is 90.2 Å². The minimum atomic E-state index is -0.580. The number of aromatic amines is 4. The Morgan fingerprint density at radius 1 is 0.408 bits per heavy atom. The van der Waals surface area contributed by atoms with Crippen LogP contribution in [0.3, 0.4) is 0 Å². The van der Waals surface area contributed by atoms with Crippen LogP contribution in [0.1, 0.15) is 140 Å². The molecule has 0 radical (unpaired) electrons. The molecule has 0 spiro atoms. The molecule has 10 aliphatic rings. The van der Waals surface area contributed by atoms with Crippen LogP contribution < -0.4 is 10.6 Å². The summed E-state index contributed by atoms with van der Waals surface area (Å²) in [5.41, 5.74) is 4.88. The Bertz CT molecular complexity index is 5750. The van der Waals surface area contributed by atoms with Crippen molar-refractivity contribution in [1.29, 1.82) is 0 Å². The Balaban J connectivity index is 0.000000118. The quantitative estimate of drug-likeness (QED) is 0.0343. The Hall–Kier alpha value is -10.9. The number of carbonyl (C=O) groups excluding carboxylic acids is 4. The third-order valence-electron chi connectivity index (χ3n) is 26.0. The number of ether oxygens (including phenoxy) is 3. The van der Waals surface area contributed by atoms with Crippen LogP contribution >= 0.6 is 46.4 Å². The second kappa shape index (κ2) is 38.5. The van der Waals surface area contributed by atoms with Crippen molar-refractivity contribution in [2.24, 2.45) is 59.2 Å². The summed E-state index contributed by atoms with van der Waals surface area (Å²) in [5.74, 6) is 1.12. The molecule has 10 fully saturated rings. The summed E-state index contributed by atoms with van der Waals surface area (Å²) >= 11 is 24.3. The molecule has 22 rings (SSSR count). The number of pyridine rings is 4. The maximum Gasteiger partial charge on any atom is 0.311 e. The third kappa shape index (κ3) is 19.4. The minimum Gasteiger partial charge on any atom is -0.469 e. The number of likely N-dealkylation sites (tertiary alicyclic amines) is 1. The number of nitrogens with one attached hydrogen (secondary N) is 6. The van der Waals surface area contributed by atoms with Crippen LogP contribution in [0.15, 0.2) is 73.8 Å². The molecular weight excluding hydrogens is 1700 g/mol. The smallest absolute Gasteiger partial charge is 0.311 e. The highest BCUT2D eigenvalue weighted by atomic mass is 35.5. The molecule has 1 unspecified atom stereocenters. The first-order valence-corrected chi connectivity index (χ1v) is 44.1. The van der Waals surface area contributed by atoms with E-state index in [1.165, 1.54) is 51.4 Å². The number of H-pyrrole nitrogens is 4. The van der Waals surface area contributed by atoms with E-state index in [2.05, 4.69) is 111 Å². The lowest BCUT2D eigenvalue weighted by molar-refractivity contribution is -0.152. The van der Waals surface area contributed by atoms with Gasteiger partial charge in [0.2, 0.25) is 11.8 Å². The molecular formula is C86H92Cl4F4N24O7. The number of hydrogen-bond acceptors (Lipinski definition) is 25. The van der Waals surface area contributed by atoms with E-state index >= 15 is 0 Å². The van der Waals surface area contributed by atoms with Crippen LogP contribution in [0, 0.1) is 82.4 Å². The molecule has 4 bridgehead atoms. The van der Waals surface area contributed by atoms with Crippen LogP contribution in [0.5, 0.6) is 0 Å². The minimum absolute atomic E-state index is 0.0594. The van der Waals surface area contributed by atoms with Crippen molar-refractivity contribution in [1.82, 2.24) is 110 Å². The van der Waals surface area contributed by atoms with Crippen LogP contribution in [-0.2, 0) is 46.2 Å². The van der Waals surface area contributed by atoms with E-state index in [0.717, 1.165) is 141 Å². The van der Waals surface area contributed by atoms with Gasteiger partial charge in [-0.3, -0.25) is 39.6 Å². The molecule has 14 heterocycles. The predicted molar refractivity (Wildman–Crippen MR) is 457 cm³/mol. The highest BCUT2D eigenvalue weighted by Crippen LogP contribution is 2.49. The fourth-order valence-corrected chi connectivity index (χ4v) is 20.5. The number of morpholine rings is 1. The van der Waals surface area contributed by atoms with Gasteiger partial charge in [0.1, 0.15) is 22.8 Å². The van der Waals surface area contributed by atoms with Crippen LogP contribution in [0.4, 0.5) is 29.2 Å². The normalized spacial score (nSPS) is 23.3. The zero-order valence-electron chi connectivity index (χ0n) is 68.6. The van der Waals surface area contributed by atoms with Gasteiger partial charge in [0.15, 0.2) is 80.8 Å².